The smallest absolute Gasteiger partial charge is 0.307 e. The maximum Gasteiger partial charge on any atom is 0.307 e. The van der Waals surface area contributed by atoms with Gasteiger partial charge in [-0.2, -0.15) is 0 Å². The molecule has 0 heterocycles. The van der Waals surface area contributed by atoms with Gasteiger partial charge in [-0.3, -0.25) is 9.59 Å². The van der Waals surface area contributed by atoms with Gasteiger partial charge in [0.15, 0.2) is 0 Å². The summed E-state index contributed by atoms with van der Waals surface area (Å²) >= 11 is 3.44. The topological polar surface area (TPSA) is 64.6 Å². The largest absolute Gasteiger partial charge is 0.489 e. The third kappa shape index (κ3) is 5.90. The van der Waals surface area contributed by atoms with Crippen LogP contribution in [0.4, 0.5) is 0 Å². The number of carbonyl (C=O) groups is 2. The number of hydrogen-bond donors (Lipinski definition) is 1. The first kappa shape index (κ1) is 19.0. The van der Waals surface area contributed by atoms with Crippen molar-refractivity contribution in [2.75, 3.05) is 13.7 Å². The Balaban J connectivity index is 1.86. The fourth-order valence-corrected chi connectivity index (χ4v) is 2.64. The van der Waals surface area contributed by atoms with Crippen molar-refractivity contribution in [3.63, 3.8) is 0 Å². The van der Waals surface area contributed by atoms with E-state index in [0.717, 1.165) is 15.6 Å². The van der Waals surface area contributed by atoms with Gasteiger partial charge in [0.25, 0.3) is 5.91 Å². The number of carbonyl (C=O) groups excluding carboxylic acids is 2. The summed E-state index contributed by atoms with van der Waals surface area (Å²) in [5, 5.41) is 2.67. The number of ether oxygens (including phenoxy) is 2. The Morgan fingerprint density at radius 3 is 2.48 bits per heavy atom. The lowest BCUT2D eigenvalue weighted by Gasteiger charge is -2.10. The molecule has 0 saturated carbocycles. The number of amides is 1. The van der Waals surface area contributed by atoms with Gasteiger partial charge < -0.3 is 14.8 Å². The Bertz CT molecular complexity index is 744. The zero-order chi connectivity index (χ0) is 18.2. The van der Waals surface area contributed by atoms with Gasteiger partial charge in [0.05, 0.1) is 13.5 Å². The van der Waals surface area contributed by atoms with E-state index >= 15 is 0 Å². The zero-order valence-electron chi connectivity index (χ0n) is 14.2. The summed E-state index contributed by atoms with van der Waals surface area (Å²) in [6.45, 7) is 2.74. The molecule has 0 spiro atoms. The normalized spacial score (nSPS) is 10.2. The van der Waals surface area contributed by atoms with Crippen LogP contribution in [0.1, 0.15) is 27.9 Å². The van der Waals surface area contributed by atoms with Crippen LogP contribution >= 0.6 is 15.9 Å². The molecule has 2 rings (SSSR count). The summed E-state index contributed by atoms with van der Waals surface area (Å²) in [4.78, 5) is 23.0. The zero-order valence-corrected chi connectivity index (χ0v) is 15.8. The number of nitrogens with one attached hydrogen (secondary N) is 1. The van der Waals surface area contributed by atoms with Gasteiger partial charge in [-0.25, -0.2) is 0 Å². The van der Waals surface area contributed by atoms with E-state index in [0.29, 0.717) is 17.9 Å². The molecule has 2 aromatic rings. The van der Waals surface area contributed by atoms with Gasteiger partial charge in [0.1, 0.15) is 12.4 Å². The number of methoxy groups -OCH3 is 1. The van der Waals surface area contributed by atoms with Crippen molar-refractivity contribution in [2.45, 2.75) is 20.0 Å². The fraction of sp³-hybridized carbons (Fsp3) is 0.263. The molecule has 6 heteroatoms. The second kappa shape index (κ2) is 9.22. The average Bonchev–Trinajstić information content (AvgIpc) is 2.61. The summed E-state index contributed by atoms with van der Waals surface area (Å²) in [5.74, 6) is 0.0971. The molecular weight excluding hydrogens is 386 g/mol. The van der Waals surface area contributed by atoms with Crippen LogP contribution < -0.4 is 10.1 Å². The minimum Gasteiger partial charge on any atom is -0.489 e. The summed E-state index contributed by atoms with van der Waals surface area (Å²) in [7, 11) is 1.32. The molecule has 0 bridgehead atoms. The highest BCUT2D eigenvalue weighted by molar-refractivity contribution is 9.10. The van der Waals surface area contributed by atoms with E-state index in [-0.39, 0.29) is 24.8 Å². The quantitative estimate of drug-likeness (QED) is 0.714. The molecule has 0 fully saturated rings. The number of halogens is 1. The van der Waals surface area contributed by atoms with Gasteiger partial charge >= 0.3 is 5.97 Å². The third-order valence-electron chi connectivity index (χ3n) is 3.66. The van der Waals surface area contributed by atoms with E-state index in [1.807, 2.05) is 25.1 Å². The van der Waals surface area contributed by atoms with Crippen LogP contribution in [0.5, 0.6) is 5.75 Å². The standard InChI is InChI=1S/C19H20BrNO4/c1-13-11-16(20)6-3-15(13)12-25-17-7-4-14(5-8-17)19(23)21-10-9-18(22)24-2/h3-8,11H,9-10,12H2,1-2H3,(H,21,23). The van der Waals surface area contributed by atoms with Crippen molar-refractivity contribution in [1.29, 1.82) is 0 Å². The molecule has 0 aliphatic carbocycles. The van der Waals surface area contributed by atoms with Crippen LogP contribution in [0.15, 0.2) is 46.9 Å². The first-order valence-electron chi connectivity index (χ1n) is 7.82. The van der Waals surface area contributed by atoms with Crippen molar-refractivity contribution >= 4 is 27.8 Å². The van der Waals surface area contributed by atoms with Gasteiger partial charge in [-0.1, -0.05) is 22.0 Å². The van der Waals surface area contributed by atoms with Gasteiger partial charge in [0, 0.05) is 16.6 Å². The van der Waals surface area contributed by atoms with Crippen molar-refractivity contribution in [3.05, 3.63) is 63.6 Å². The Morgan fingerprint density at radius 1 is 1.12 bits per heavy atom. The number of hydrogen-bond acceptors (Lipinski definition) is 4. The molecule has 2 aromatic carbocycles. The maximum atomic E-state index is 12.0. The first-order valence-corrected chi connectivity index (χ1v) is 8.62. The summed E-state index contributed by atoms with van der Waals surface area (Å²) < 4.78 is 11.3. The van der Waals surface area contributed by atoms with Gasteiger partial charge in [-0.05, 0) is 54.4 Å². The number of benzene rings is 2. The second-order valence-electron chi connectivity index (χ2n) is 5.47. The van der Waals surface area contributed by atoms with Crippen LogP contribution in [0.25, 0.3) is 0 Å². The molecule has 1 amide bonds. The maximum absolute atomic E-state index is 12.0. The lowest BCUT2D eigenvalue weighted by Crippen LogP contribution is -2.26. The van der Waals surface area contributed by atoms with Crippen molar-refractivity contribution in [1.82, 2.24) is 5.32 Å². The lowest BCUT2D eigenvalue weighted by molar-refractivity contribution is -0.140. The van der Waals surface area contributed by atoms with E-state index in [2.05, 4.69) is 26.0 Å². The molecule has 132 valence electrons. The first-order chi connectivity index (χ1) is 12.0. The predicted molar refractivity (Wildman–Crippen MR) is 98.6 cm³/mol. The Kier molecular flexibility index (Phi) is 7.01. The number of esters is 1. The van der Waals surface area contributed by atoms with E-state index in [9.17, 15) is 9.59 Å². The van der Waals surface area contributed by atoms with Crippen LogP contribution in [0.2, 0.25) is 0 Å². The molecule has 0 radical (unpaired) electrons. The molecule has 0 atom stereocenters. The highest BCUT2D eigenvalue weighted by Gasteiger charge is 2.07. The highest BCUT2D eigenvalue weighted by Crippen LogP contribution is 2.19. The van der Waals surface area contributed by atoms with Crippen LogP contribution in [-0.2, 0) is 16.1 Å². The lowest BCUT2D eigenvalue weighted by atomic mass is 10.1. The molecule has 0 saturated heterocycles. The highest BCUT2D eigenvalue weighted by atomic mass is 79.9. The Morgan fingerprint density at radius 2 is 1.84 bits per heavy atom. The minimum absolute atomic E-state index is 0.149. The van der Waals surface area contributed by atoms with Crippen molar-refractivity contribution in [2.24, 2.45) is 0 Å². The molecule has 5 nitrogen and oxygen atoms in total. The molecular formula is C19H20BrNO4. The fourth-order valence-electron chi connectivity index (χ4n) is 2.17. The molecule has 0 unspecified atom stereocenters. The van der Waals surface area contributed by atoms with Gasteiger partial charge in [0.2, 0.25) is 0 Å². The van der Waals surface area contributed by atoms with Crippen molar-refractivity contribution < 1.29 is 19.1 Å². The molecule has 0 aliphatic rings. The summed E-state index contributed by atoms with van der Waals surface area (Å²) in [6, 6.07) is 12.9. The predicted octanol–water partition coefficient (Wildman–Crippen LogP) is 3.63. The SMILES string of the molecule is COC(=O)CCNC(=O)c1ccc(OCc2ccc(Br)cc2C)cc1. The van der Waals surface area contributed by atoms with E-state index in [1.54, 1.807) is 24.3 Å². The number of aryl methyl sites for hydroxylation is 1. The molecule has 0 aliphatic heterocycles. The van der Waals surface area contributed by atoms with E-state index in [4.69, 9.17) is 4.74 Å². The summed E-state index contributed by atoms with van der Waals surface area (Å²) in [5.41, 5.74) is 2.76. The molecule has 1 N–H and O–H groups in total. The minimum atomic E-state index is -0.354. The average molecular weight is 406 g/mol. The Hall–Kier alpha value is -2.34. The molecule has 25 heavy (non-hydrogen) atoms. The number of rotatable bonds is 7. The second-order valence-corrected chi connectivity index (χ2v) is 6.38. The van der Waals surface area contributed by atoms with Crippen molar-refractivity contribution in [3.8, 4) is 5.75 Å². The van der Waals surface area contributed by atoms with Gasteiger partial charge in [-0.15, -0.1) is 0 Å². The van der Waals surface area contributed by atoms with E-state index in [1.165, 1.54) is 7.11 Å². The van der Waals surface area contributed by atoms with Crippen LogP contribution in [-0.4, -0.2) is 25.5 Å². The summed E-state index contributed by atoms with van der Waals surface area (Å²) in [6.07, 6.45) is 0.149. The van der Waals surface area contributed by atoms with E-state index < -0.39 is 0 Å². The van der Waals surface area contributed by atoms with Crippen LogP contribution in [0.3, 0.4) is 0 Å². The Labute approximate surface area is 155 Å². The third-order valence-corrected chi connectivity index (χ3v) is 4.15. The monoisotopic (exact) mass is 405 g/mol. The molecule has 0 aromatic heterocycles. The van der Waals surface area contributed by atoms with Crippen LogP contribution in [0, 0.1) is 6.92 Å².